The average molecular weight is 429 g/mol. The molecule has 150 valence electrons. The fourth-order valence-corrected chi connectivity index (χ4v) is 4.43. The van der Waals surface area contributed by atoms with E-state index in [4.69, 9.17) is 11.6 Å². The maximum absolute atomic E-state index is 13.3. The highest BCUT2D eigenvalue weighted by atomic mass is 35.5. The number of aryl methyl sites for hydroxylation is 2. The zero-order valence-electron chi connectivity index (χ0n) is 16.1. The number of hydrogen-bond acceptors (Lipinski definition) is 3. The largest absolute Gasteiger partial charge is 0.325 e. The predicted molar refractivity (Wildman–Crippen MR) is 117 cm³/mol. The molecule has 0 atom stereocenters. The van der Waals surface area contributed by atoms with E-state index in [0.717, 1.165) is 15.4 Å². The number of carbonyl (C=O) groups excluding carboxylic acids is 1. The van der Waals surface area contributed by atoms with Crippen molar-refractivity contribution in [2.75, 3.05) is 16.2 Å². The summed E-state index contributed by atoms with van der Waals surface area (Å²) in [6, 6.07) is 20.2. The highest BCUT2D eigenvalue weighted by Crippen LogP contribution is 2.26. The van der Waals surface area contributed by atoms with Crippen molar-refractivity contribution in [1.29, 1.82) is 0 Å². The molecule has 3 aromatic carbocycles. The Hall–Kier alpha value is -2.83. The molecule has 0 aliphatic rings. The molecule has 0 fully saturated rings. The number of hydrogen-bond donors (Lipinski definition) is 1. The SMILES string of the molecule is Cc1ccc(S(=O)(=O)N(CC(=O)Nc2cccc(C)c2)c2cccc(Cl)c2)cc1. The van der Waals surface area contributed by atoms with Crippen LogP contribution in [-0.2, 0) is 14.8 Å². The first-order valence-corrected chi connectivity index (χ1v) is 10.8. The van der Waals surface area contributed by atoms with E-state index >= 15 is 0 Å². The summed E-state index contributed by atoms with van der Waals surface area (Å²) >= 11 is 6.07. The number of carbonyl (C=O) groups is 1. The Bertz CT molecular complexity index is 1130. The summed E-state index contributed by atoms with van der Waals surface area (Å²) in [6.45, 7) is 3.40. The summed E-state index contributed by atoms with van der Waals surface area (Å²) in [6.07, 6.45) is 0. The topological polar surface area (TPSA) is 66.5 Å². The van der Waals surface area contributed by atoms with Crippen molar-refractivity contribution in [2.24, 2.45) is 0 Å². The second-order valence-electron chi connectivity index (χ2n) is 6.72. The Labute approximate surface area is 176 Å². The molecular weight excluding hydrogens is 408 g/mol. The first kappa shape index (κ1) is 20.9. The number of rotatable bonds is 6. The van der Waals surface area contributed by atoms with Crippen LogP contribution in [0.1, 0.15) is 11.1 Å². The van der Waals surface area contributed by atoms with Crippen LogP contribution in [0.15, 0.2) is 77.7 Å². The first-order chi connectivity index (χ1) is 13.8. The highest BCUT2D eigenvalue weighted by Gasteiger charge is 2.27. The average Bonchev–Trinajstić information content (AvgIpc) is 2.66. The van der Waals surface area contributed by atoms with Gasteiger partial charge < -0.3 is 5.32 Å². The Kier molecular flexibility index (Phi) is 6.25. The quantitative estimate of drug-likeness (QED) is 0.613. The summed E-state index contributed by atoms with van der Waals surface area (Å²) < 4.78 is 27.7. The molecule has 1 N–H and O–H groups in total. The molecule has 0 spiro atoms. The summed E-state index contributed by atoms with van der Waals surface area (Å²) in [5, 5.41) is 3.13. The lowest BCUT2D eigenvalue weighted by Gasteiger charge is -2.24. The van der Waals surface area contributed by atoms with E-state index in [1.807, 2.05) is 32.0 Å². The monoisotopic (exact) mass is 428 g/mol. The zero-order chi connectivity index (χ0) is 21.0. The van der Waals surface area contributed by atoms with Gasteiger partial charge in [-0.2, -0.15) is 0 Å². The van der Waals surface area contributed by atoms with Crippen LogP contribution in [0.2, 0.25) is 5.02 Å². The van der Waals surface area contributed by atoms with Crippen molar-refractivity contribution in [3.05, 3.63) is 88.9 Å². The van der Waals surface area contributed by atoms with E-state index in [9.17, 15) is 13.2 Å². The summed E-state index contributed by atoms with van der Waals surface area (Å²) in [4.78, 5) is 12.8. The third-order valence-electron chi connectivity index (χ3n) is 4.29. The fourth-order valence-electron chi connectivity index (χ4n) is 2.84. The Balaban J connectivity index is 1.95. The molecule has 3 rings (SSSR count). The molecule has 0 radical (unpaired) electrons. The van der Waals surface area contributed by atoms with Gasteiger partial charge in [-0.3, -0.25) is 9.10 Å². The fraction of sp³-hybridized carbons (Fsp3) is 0.136. The molecule has 0 aliphatic heterocycles. The van der Waals surface area contributed by atoms with Crippen molar-refractivity contribution in [2.45, 2.75) is 18.7 Å². The van der Waals surface area contributed by atoms with Crippen LogP contribution >= 0.6 is 11.6 Å². The highest BCUT2D eigenvalue weighted by molar-refractivity contribution is 7.92. The molecular formula is C22H21ClN2O3S. The molecule has 0 aliphatic carbocycles. The molecule has 5 nitrogen and oxygen atoms in total. The third kappa shape index (κ3) is 5.16. The van der Waals surface area contributed by atoms with Crippen LogP contribution in [-0.4, -0.2) is 20.9 Å². The smallest absolute Gasteiger partial charge is 0.264 e. The van der Waals surface area contributed by atoms with Crippen molar-refractivity contribution < 1.29 is 13.2 Å². The van der Waals surface area contributed by atoms with E-state index in [-0.39, 0.29) is 11.4 Å². The zero-order valence-corrected chi connectivity index (χ0v) is 17.7. The Morgan fingerprint density at radius 1 is 0.931 bits per heavy atom. The minimum atomic E-state index is -3.97. The predicted octanol–water partition coefficient (Wildman–Crippen LogP) is 4.79. The molecule has 0 unspecified atom stereocenters. The third-order valence-corrected chi connectivity index (χ3v) is 6.32. The van der Waals surface area contributed by atoms with Gasteiger partial charge in [0.25, 0.3) is 10.0 Å². The Morgan fingerprint density at radius 3 is 2.28 bits per heavy atom. The molecule has 1 amide bonds. The first-order valence-electron chi connectivity index (χ1n) is 8.97. The van der Waals surface area contributed by atoms with Gasteiger partial charge in [-0.15, -0.1) is 0 Å². The second kappa shape index (κ2) is 8.68. The van der Waals surface area contributed by atoms with Gasteiger partial charge in [0.05, 0.1) is 10.6 Å². The number of amides is 1. The van der Waals surface area contributed by atoms with Crippen LogP contribution in [0.3, 0.4) is 0 Å². The number of sulfonamides is 1. The van der Waals surface area contributed by atoms with Gasteiger partial charge in [-0.25, -0.2) is 8.42 Å². The van der Waals surface area contributed by atoms with E-state index in [2.05, 4.69) is 5.32 Å². The minimum Gasteiger partial charge on any atom is -0.325 e. The van der Waals surface area contributed by atoms with Crippen LogP contribution in [0.5, 0.6) is 0 Å². The number of nitrogens with one attached hydrogen (secondary N) is 1. The van der Waals surface area contributed by atoms with E-state index < -0.39 is 15.9 Å². The molecule has 0 bridgehead atoms. The van der Waals surface area contributed by atoms with Gasteiger partial charge >= 0.3 is 0 Å². The van der Waals surface area contributed by atoms with Gasteiger partial charge in [0.1, 0.15) is 6.54 Å². The number of halogens is 1. The van der Waals surface area contributed by atoms with E-state index in [1.54, 1.807) is 36.4 Å². The van der Waals surface area contributed by atoms with Gasteiger partial charge in [0.2, 0.25) is 5.91 Å². The molecule has 0 aromatic heterocycles. The maximum Gasteiger partial charge on any atom is 0.264 e. The molecule has 7 heteroatoms. The lowest BCUT2D eigenvalue weighted by atomic mass is 10.2. The molecule has 0 saturated heterocycles. The summed E-state index contributed by atoms with van der Waals surface area (Å²) in [5.41, 5.74) is 2.85. The second-order valence-corrected chi connectivity index (χ2v) is 9.02. The standard InChI is InChI=1S/C22H21ClN2O3S/c1-16-9-11-21(12-10-16)29(27,28)25(20-8-4-6-18(23)14-20)15-22(26)24-19-7-3-5-17(2)13-19/h3-14H,15H2,1-2H3,(H,24,26). The van der Waals surface area contributed by atoms with Crippen LogP contribution < -0.4 is 9.62 Å². The maximum atomic E-state index is 13.3. The van der Waals surface area contributed by atoms with Gasteiger partial charge in [-0.1, -0.05) is 47.5 Å². The minimum absolute atomic E-state index is 0.103. The van der Waals surface area contributed by atoms with E-state index in [0.29, 0.717) is 16.4 Å². The summed E-state index contributed by atoms with van der Waals surface area (Å²) in [5.74, 6) is -0.453. The van der Waals surface area contributed by atoms with Crippen LogP contribution in [0, 0.1) is 13.8 Å². The summed E-state index contributed by atoms with van der Waals surface area (Å²) in [7, 11) is -3.97. The lowest BCUT2D eigenvalue weighted by Crippen LogP contribution is -2.38. The lowest BCUT2D eigenvalue weighted by molar-refractivity contribution is -0.114. The molecule has 29 heavy (non-hydrogen) atoms. The van der Waals surface area contributed by atoms with E-state index in [1.165, 1.54) is 18.2 Å². The van der Waals surface area contributed by atoms with Crippen molar-refractivity contribution in [1.82, 2.24) is 0 Å². The molecule has 0 saturated carbocycles. The van der Waals surface area contributed by atoms with Gasteiger partial charge in [0, 0.05) is 10.7 Å². The van der Waals surface area contributed by atoms with Crippen molar-refractivity contribution >= 4 is 38.9 Å². The van der Waals surface area contributed by atoms with Crippen molar-refractivity contribution in [3.63, 3.8) is 0 Å². The number of nitrogens with zero attached hydrogens (tertiary/aromatic N) is 1. The molecule has 0 heterocycles. The van der Waals surface area contributed by atoms with Gasteiger partial charge in [-0.05, 0) is 61.9 Å². The number of anilines is 2. The van der Waals surface area contributed by atoms with Crippen molar-refractivity contribution in [3.8, 4) is 0 Å². The van der Waals surface area contributed by atoms with Gasteiger partial charge in [0.15, 0.2) is 0 Å². The normalized spacial score (nSPS) is 11.1. The Morgan fingerprint density at radius 2 is 1.62 bits per heavy atom. The van der Waals surface area contributed by atoms with Crippen LogP contribution in [0.25, 0.3) is 0 Å². The molecule has 3 aromatic rings. The van der Waals surface area contributed by atoms with Crippen LogP contribution in [0.4, 0.5) is 11.4 Å². The number of benzene rings is 3.